The Morgan fingerprint density at radius 2 is 1.67 bits per heavy atom. The molecule has 1 amide bonds. The Morgan fingerprint density at radius 3 is 2.30 bits per heavy atom. The van der Waals surface area contributed by atoms with Crippen molar-refractivity contribution in [3.05, 3.63) is 77.6 Å². The SMILES string of the molecule is COc1ccc(CNC(=O)c2ccc(S(=O)(=O)c3ccc(C)cc3)o2)cc1. The summed E-state index contributed by atoms with van der Waals surface area (Å²) in [5.41, 5.74) is 1.83. The average molecular weight is 385 g/mol. The predicted molar refractivity (Wildman–Crippen MR) is 99.5 cm³/mol. The summed E-state index contributed by atoms with van der Waals surface area (Å²) in [5, 5.41) is 2.43. The number of ether oxygens (including phenoxy) is 1. The lowest BCUT2D eigenvalue weighted by molar-refractivity contribution is 0.0918. The Hall–Kier alpha value is -3.06. The maximum atomic E-state index is 12.6. The van der Waals surface area contributed by atoms with Crippen LogP contribution in [0.25, 0.3) is 0 Å². The van der Waals surface area contributed by atoms with Gasteiger partial charge in [0.05, 0.1) is 12.0 Å². The molecule has 7 heteroatoms. The molecule has 0 aliphatic rings. The van der Waals surface area contributed by atoms with Gasteiger partial charge in [0, 0.05) is 6.54 Å². The average Bonchev–Trinajstić information content (AvgIpc) is 3.18. The summed E-state index contributed by atoms with van der Waals surface area (Å²) in [4.78, 5) is 12.4. The van der Waals surface area contributed by atoms with E-state index in [9.17, 15) is 13.2 Å². The van der Waals surface area contributed by atoms with E-state index in [-0.39, 0.29) is 22.3 Å². The molecule has 3 rings (SSSR count). The van der Waals surface area contributed by atoms with Crippen LogP contribution in [0, 0.1) is 6.92 Å². The lowest BCUT2D eigenvalue weighted by Crippen LogP contribution is -2.22. The van der Waals surface area contributed by atoms with E-state index in [0.29, 0.717) is 0 Å². The van der Waals surface area contributed by atoms with Crippen LogP contribution in [0.3, 0.4) is 0 Å². The van der Waals surface area contributed by atoms with Crippen molar-refractivity contribution in [3.63, 3.8) is 0 Å². The highest BCUT2D eigenvalue weighted by atomic mass is 32.2. The summed E-state index contributed by atoms with van der Waals surface area (Å²) in [7, 11) is -2.22. The van der Waals surface area contributed by atoms with Crippen molar-refractivity contribution in [1.29, 1.82) is 0 Å². The van der Waals surface area contributed by atoms with Crippen molar-refractivity contribution in [1.82, 2.24) is 5.32 Å². The standard InChI is InChI=1S/C20H19NO5S/c1-14-3-9-17(10-4-14)27(23,24)19-12-11-18(26-19)20(22)21-13-15-5-7-16(25-2)8-6-15/h3-12H,13H2,1-2H3,(H,21,22). The number of amides is 1. The van der Waals surface area contributed by atoms with Gasteiger partial charge in [0.25, 0.3) is 5.91 Å². The van der Waals surface area contributed by atoms with Crippen LogP contribution in [-0.2, 0) is 16.4 Å². The van der Waals surface area contributed by atoms with Gasteiger partial charge in [0.1, 0.15) is 5.75 Å². The van der Waals surface area contributed by atoms with Crippen LogP contribution in [0.5, 0.6) is 5.75 Å². The van der Waals surface area contributed by atoms with Gasteiger partial charge in [-0.2, -0.15) is 0 Å². The van der Waals surface area contributed by atoms with Gasteiger partial charge in [0.2, 0.25) is 14.9 Å². The van der Waals surface area contributed by atoms with Crippen LogP contribution in [0.4, 0.5) is 0 Å². The van der Waals surface area contributed by atoms with Crippen molar-refractivity contribution in [2.24, 2.45) is 0 Å². The van der Waals surface area contributed by atoms with Gasteiger partial charge in [0.15, 0.2) is 5.76 Å². The lowest BCUT2D eigenvalue weighted by atomic mass is 10.2. The number of hydrogen-bond acceptors (Lipinski definition) is 5. The highest BCUT2D eigenvalue weighted by molar-refractivity contribution is 7.91. The first-order valence-corrected chi connectivity index (χ1v) is 9.71. The molecular weight excluding hydrogens is 366 g/mol. The second kappa shape index (κ2) is 7.67. The van der Waals surface area contributed by atoms with E-state index < -0.39 is 15.7 Å². The zero-order valence-electron chi connectivity index (χ0n) is 14.9. The van der Waals surface area contributed by atoms with Crippen molar-refractivity contribution in [2.75, 3.05) is 7.11 Å². The summed E-state index contributed by atoms with van der Waals surface area (Å²) in [6.07, 6.45) is 0. The van der Waals surface area contributed by atoms with Gasteiger partial charge >= 0.3 is 0 Å². The van der Waals surface area contributed by atoms with Gasteiger partial charge < -0.3 is 14.5 Å². The largest absolute Gasteiger partial charge is 0.497 e. The fraction of sp³-hybridized carbons (Fsp3) is 0.150. The molecule has 3 aromatic rings. The van der Waals surface area contributed by atoms with Crippen LogP contribution in [-0.4, -0.2) is 21.4 Å². The van der Waals surface area contributed by atoms with E-state index in [2.05, 4.69) is 5.32 Å². The molecule has 0 aliphatic carbocycles. The van der Waals surface area contributed by atoms with Crippen molar-refractivity contribution in [3.8, 4) is 5.75 Å². The normalized spacial score (nSPS) is 11.2. The van der Waals surface area contributed by atoms with E-state index in [4.69, 9.17) is 9.15 Å². The van der Waals surface area contributed by atoms with Crippen LogP contribution in [0.1, 0.15) is 21.7 Å². The summed E-state index contributed by atoms with van der Waals surface area (Å²) in [5.74, 6) is 0.174. The molecular formula is C20H19NO5S. The van der Waals surface area contributed by atoms with Gasteiger partial charge in [-0.1, -0.05) is 29.8 Å². The molecule has 0 saturated heterocycles. The minimum atomic E-state index is -3.80. The highest BCUT2D eigenvalue weighted by Crippen LogP contribution is 2.23. The molecule has 27 heavy (non-hydrogen) atoms. The molecule has 140 valence electrons. The van der Waals surface area contributed by atoms with E-state index in [1.165, 1.54) is 24.3 Å². The minimum absolute atomic E-state index is 0.0609. The number of benzene rings is 2. The molecule has 6 nitrogen and oxygen atoms in total. The van der Waals surface area contributed by atoms with Gasteiger partial charge in [-0.05, 0) is 48.9 Å². The first-order chi connectivity index (χ1) is 12.9. The number of methoxy groups -OCH3 is 1. The first kappa shape index (κ1) is 18.7. The summed E-state index contributed by atoms with van der Waals surface area (Å²) in [6, 6.07) is 16.3. The number of carbonyl (C=O) groups is 1. The number of carbonyl (C=O) groups excluding carboxylic acids is 1. The number of hydrogen-bond donors (Lipinski definition) is 1. The molecule has 0 atom stereocenters. The Bertz CT molecular complexity index is 1030. The van der Waals surface area contributed by atoms with Crippen LogP contribution in [0.15, 0.2) is 75.1 Å². The van der Waals surface area contributed by atoms with E-state index in [1.807, 2.05) is 19.1 Å². The second-order valence-corrected chi connectivity index (χ2v) is 7.85. The molecule has 0 saturated carbocycles. The van der Waals surface area contributed by atoms with Gasteiger partial charge in [-0.3, -0.25) is 4.79 Å². The number of aryl methyl sites for hydroxylation is 1. The second-order valence-electron chi connectivity index (χ2n) is 5.97. The zero-order chi connectivity index (χ0) is 19.4. The number of furan rings is 1. The summed E-state index contributed by atoms with van der Waals surface area (Å²) in [6.45, 7) is 2.15. The molecule has 1 heterocycles. The maximum absolute atomic E-state index is 12.6. The van der Waals surface area contributed by atoms with E-state index in [1.54, 1.807) is 31.4 Å². The Morgan fingerprint density at radius 1 is 1.00 bits per heavy atom. The molecule has 2 aromatic carbocycles. The highest BCUT2D eigenvalue weighted by Gasteiger charge is 2.23. The van der Waals surface area contributed by atoms with E-state index in [0.717, 1.165) is 16.9 Å². The zero-order valence-corrected chi connectivity index (χ0v) is 15.7. The van der Waals surface area contributed by atoms with Gasteiger partial charge in [-0.15, -0.1) is 0 Å². The molecule has 0 bridgehead atoms. The van der Waals surface area contributed by atoms with Gasteiger partial charge in [-0.25, -0.2) is 8.42 Å². The van der Waals surface area contributed by atoms with Crippen molar-refractivity contribution >= 4 is 15.7 Å². The summed E-state index contributed by atoms with van der Waals surface area (Å²) >= 11 is 0. The smallest absolute Gasteiger partial charge is 0.287 e. The Balaban J connectivity index is 1.70. The minimum Gasteiger partial charge on any atom is -0.497 e. The fourth-order valence-electron chi connectivity index (χ4n) is 2.43. The quantitative estimate of drug-likeness (QED) is 0.703. The maximum Gasteiger partial charge on any atom is 0.287 e. The number of nitrogens with one attached hydrogen (secondary N) is 1. The predicted octanol–water partition coefficient (Wildman–Crippen LogP) is 3.36. The molecule has 1 N–H and O–H groups in total. The third-order valence-electron chi connectivity index (χ3n) is 4.01. The van der Waals surface area contributed by atoms with E-state index >= 15 is 0 Å². The number of rotatable bonds is 6. The molecule has 1 aromatic heterocycles. The Kier molecular flexibility index (Phi) is 5.32. The van der Waals surface area contributed by atoms with Crippen LogP contribution in [0.2, 0.25) is 0 Å². The topological polar surface area (TPSA) is 85.6 Å². The third-order valence-corrected chi connectivity index (χ3v) is 5.66. The lowest BCUT2D eigenvalue weighted by Gasteiger charge is -2.05. The Labute approximate surface area is 157 Å². The molecule has 0 fully saturated rings. The monoisotopic (exact) mass is 385 g/mol. The molecule has 0 aliphatic heterocycles. The fourth-order valence-corrected chi connectivity index (χ4v) is 3.61. The third kappa shape index (κ3) is 4.20. The number of sulfone groups is 1. The van der Waals surface area contributed by atoms with Crippen molar-refractivity contribution < 1.29 is 22.4 Å². The molecule has 0 spiro atoms. The van der Waals surface area contributed by atoms with Crippen molar-refractivity contribution in [2.45, 2.75) is 23.5 Å². The molecule has 0 unspecified atom stereocenters. The first-order valence-electron chi connectivity index (χ1n) is 8.23. The molecule has 0 radical (unpaired) electrons. The van der Waals surface area contributed by atoms with Crippen LogP contribution >= 0.6 is 0 Å². The summed E-state index contributed by atoms with van der Waals surface area (Å²) < 4.78 is 35.5. The van der Waals surface area contributed by atoms with Crippen LogP contribution < -0.4 is 10.1 Å².